The molecule has 0 saturated carbocycles. The molecule has 2 aromatic rings. The molecule has 1 fully saturated rings. The van der Waals surface area contributed by atoms with Gasteiger partial charge in [-0.1, -0.05) is 0 Å². The van der Waals surface area contributed by atoms with Crippen molar-refractivity contribution in [3.8, 4) is 0 Å². The Balaban J connectivity index is 1.75. The number of hydrogen-bond donors (Lipinski definition) is 1. The van der Waals surface area contributed by atoms with Crippen molar-refractivity contribution >= 4 is 23.7 Å². The van der Waals surface area contributed by atoms with Crippen LogP contribution in [0.2, 0.25) is 3.93 Å². The van der Waals surface area contributed by atoms with Gasteiger partial charge in [0.05, 0.1) is 0 Å². The van der Waals surface area contributed by atoms with Gasteiger partial charge < -0.3 is 0 Å². The van der Waals surface area contributed by atoms with E-state index in [1.54, 1.807) is 12.1 Å². The Labute approximate surface area is 182 Å². The van der Waals surface area contributed by atoms with Crippen LogP contribution in [0.1, 0.15) is 18.9 Å². The quantitative estimate of drug-likeness (QED) is 0.342. The molecule has 0 radical (unpaired) electrons. The summed E-state index contributed by atoms with van der Waals surface area (Å²) in [7, 11) is 0. The molecule has 0 aliphatic carbocycles. The summed E-state index contributed by atoms with van der Waals surface area (Å²) in [5.74, 6) is 0. The van der Waals surface area contributed by atoms with Gasteiger partial charge in [0.25, 0.3) is 0 Å². The van der Waals surface area contributed by atoms with Gasteiger partial charge in [0.2, 0.25) is 0 Å². The fourth-order valence-electron chi connectivity index (χ4n) is 3.16. The van der Waals surface area contributed by atoms with Gasteiger partial charge in [-0.25, -0.2) is 0 Å². The second-order valence-corrected chi connectivity index (χ2v) is 16.8. The third-order valence-corrected chi connectivity index (χ3v) is 11.7. The van der Waals surface area contributed by atoms with Crippen LogP contribution in [0.4, 0.5) is 10.5 Å². The molecule has 3 unspecified atom stereocenters. The van der Waals surface area contributed by atoms with Crippen LogP contribution in [-0.4, -0.2) is 25.1 Å². The topological polar surface area (TPSA) is 66.0 Å². The first-order valence-corrected chi connectivity index (χ1v) is 25.1. The van der Waals surface area contributed by atoms with E-state index in [2.05, 4.69) is 17.2 Å². The molecule has 1 aliphatic rings. The number of carbonyl (C=O) groups is 1. The van der Waals surface area contributed by atoms with Gasteiger partial charge in [-0.3, -0.25) is 0 Å². The third-order valence-electron chi connectivity index (χ3n) is 4.59. The summed E-state index contributed by atoms with van der Waals surface area (Å²) < 4.78 is 12.7. The Kier molecular flexibility index (Phi) is 8.29. The summed E-state index contributed by atoms with van der Waals surface area (Å²) in [6.07, 6.45) is -0.896. The van der Waals surface area contributed by atoms with Gasteiger partial charge in [0.15, 0.2) is 0 Å². The van der Waals surface area contributed by atoms with Crippen molar-refractivity contribution in [1.82, 2.24) is 0 Å². The maximum atomic E-state index is 12.2. The predicted molar refractivity (Wildman–Crippen MR) is 104 cm³/mol. The molecular formula is C20H22BrHgNO5. The Morgan fingerprint density at radius 3 is 2.46 bits per heavy atom. The molecule has 8 heteroatoms. The Hall–Kier alpha value is -0.995. The minimum atomic E-state index is -1.34. The monoisotopic (exact) mass is 637 g/mol. The van der Waals surface area contributed by atoms with E-state index < -0.39 is 46.2 Å². The van der Waals surface area contributed by atoms with Crippen molar-refractivity contribution in [3.05, 3.63) is 66.2 Å². The Bertz CT molecular complexity index is 751. The molecule has 1 saturated heterocycles. The van der Waals surface area contributed by atoms with Gasteiger partial charge in [0, 0.05) is 0 Å². The van der Waals surface area contributed by atoms with Crippen molar-refractivity contribution in [2.75, 3.05) is 11.9 Å². The molecule has 2 aromatic carbocycles. The van der Waals surface area contributed by atoms with E-state index >= 15 is 0 Å². The molecule has 3 atom stereocenters. The first kappa shape index (κ1) is 21.7. The summed E-state index contributed by atoms with van der Waals surface area (Å²) in [6, 6.07) is 19.1. The van der Waals surface area contributed by atoms with Crippen molar-refractivity contribution in [3.63, 3.8) is 0 Å². The van der Waals surface area contributed by atoms with Crippen LogP contribution in [0.15, 0.2) is 60.7 Å². The molecule has 0 bridgehead atoms. The van der Waals surface area contributed by atoms with Crippen LogP contribution < -0.4 is 5.32 Å². The SMILES string of the molecule is CCC1OOC(COC(=O)Nc2ccccc2)C([CH2][Hg][Br])(c2ccccc2)O1. The van der Waals surface area contributed by atoms with Crippen molar-refractivity contribution in [2.24, 2.45) is 0 Å². The van der Waals surface area contributed by atoms with Crippen molar-refractivity contribution < 1.29 is 46.2 Å². The summed E-state index contributed by atoms with van der Waals surface area (Å²) in [5.41, 5.74) is 0.980. The number of anilines is 1. The number of nitrogens with one attached hydrogen (secondary N) is 1. The van der Waals surface area contributed by atoms with Crippen LogP contribution in [0.25, 0.3) is 0 Å². The zero-order valence-corrected chi connectivity index (χ0v) is 22.8. The zero-order chi connectivity index (χ0) is 19.8. The molecule has 1 amide bonds. The number of para-hydroxylation sites is 1. The number of halogens is 1. The molecule has 0 spiro atoms. The number of benzene rings is 2. The molecule has 28 heavy (non-hydrogen) atoms. The van der Waals surface area contributed by atoms with E-state index in [1.807, 2.05) is 55.5 Å². The van der Waals surface area contributed by atoms with Gasteiger partial charge >= 0.3 is 183 Å². The average Bonchev–Trinajstić information content (AvgIpc) is 2.74. The molecule has 146 valence electrons. The molecule has 1 aliphatic heterocycles. The van der Waals surface area contributed by atoms with Crippen LogP contribution in [0, 0.1) is 0 Å². The molecule has 1 N–H and O–H groups in total. The fraction of sp³-hybridized carbons (Fsp3) is 0.350. The van der Waals surface area contributed by atoms with Crippen LogP contribution in [0.5, 0.6) is 0 Å². The van der Waals surface area contributed by atoms with E-state index in [9.17, 15) is 4.79 Å². The van der Waals surface area contributed by atoms with Crippen LogP contribution in [-0.2, 0) is 47.0 Å². The molecule has 1 heterocycles. The zero-order valence-electron chi connectivity index (χ0n) is 15.7. The van der Waals surface area contributed by atoms with Gasteiger partial charge in [-0.05, 0) is 0 Å². The average molecular weight is 637 g/mol. The number of amides is 1. The normalized spacial score (nSPS) is 24.2. The Morgan fingerprint density at radius 1 is 1.14 bits per heavy atom. The van der Waals surface area contributed by atoms with E-state index in [0.29, 0.717) is 12.1 Å². The second kappa shape index (κ2) is 10.7. The van der Waals surface area contributed by atoms with E-state index in [-0.39, 0.29) is 6.61 Å². The van der Waals surface area contributed by atoms with Gasteiger partial charge in [-0.2, -0.15) is 0 Å². The first-order valence-electron chi connectivity index (χ1n) is 9.28. The summed E-state index contributed by atoms with van der Waals surface area (Å²) in [6.45, 7) is 2.00. The van der Waals surface area contributed by atoms with Gasteiger partial charge in [0.1, 0.15) is 0 Å². The standard InChI is InChI=1S/C20H22NO5.BrH.Hg/c1-3-18-24-20(2,15-10-6-4-7-11-15)17(25-26-18)14-23-19(22)21-16-12-8-5-9-13-16;;/h4-13,17-18H,2-3,14H2,1H3,(H,21,22);1H;/q;;+1/p-1. The van der Waals surface area contributed by atoms with Crippen LogP contribution in [0.3, 0.4) is 0 Å². The summed E-state index contributed by atoms with van der Waals surface area (Å²) >= 11 is 2.39. The number of rotatable bonds is 7. The molecule has 6 nitrogen and oxygen atoms in total. The van der Waals surface area contributed by atoms with Crippen molar-refractivity contribution in [1.29, 1.82) is 0 Å². The first-order chi connectivity index (χ1) is 13.7. The van der Waals surface area contributed by atoms with E-state index in [0.717, 1.165) is 9.49 Å². The van der Waals surface area contributed by atoms with E-state index in [1.165, 1.54) is 0 Å². The third kappa shape index (κ3) is 5.33. The fourth-order valence-corrected chi connectivity index (χ4v) is 12.2. The minimum absolute atomic E-state index is 0.0187. The van der Waals surface area contributed by atoms with Crippen LogP contribution >= 0.6 is 11.9 Å². The maximum absolute atomic E-state index is 12.2. The number of ether oxygens (including phenoxy) is 2. The molecule has 0 aromatic heterocycles. The predicted octanol–water partition coefficient (Wildman–Crippen LogP) is 5.02. The molecule has 3 rings (SSSR count). The van der Waals surface area contributed by atoms with E-state index in [4.69, 9.17) is 19.2 Å². The van der Waals surface area contributed by atoms with Gasteiger partial charge in [-0.15, -0.1) is 0 Å². The summed E-state index contributed by atoms with van der Waals surface area (Å²) in [5, 5.41) is 2.71. The second-order valence-electron chi connectivity index (χ2n) is 6.42. The molecular weight excluding hydrogens is 615 g/mol. The number of carbonyl (C=O) groups excluding carboxylic acids is 1. The van der Waals surface area contributed by atoms with Crippen molar-refractivity contribution in [2.45, 2.75) is 35.3 Å². The Morgan fingerprint density at radius 2 is 1.82 bits per heavy atom. The number of hydrogen-bond acceptors (Lipinski definition) is 5. The summed E-state index contributed by atoms with van der Waals surface area (Å²) in [4.78, 5) is 23.3.